The zero-order valence-electron chi connectivity index (χ0n) is 15.8. The van der Waals surface area contributed by atoms with Crippen molar-refractivity contribution in [2.75, 3.05) is 7.05 Å². The highest BCUT2D eigenvalue weighted by Gasteiger charge is 2.25. The standard InChI is InChI=1S/C21H21FN6/c1-12-5-13(8-23-2)6-17(22)20(12)18-7-16-19(10-24-18)26-27-21(16)14-9-25-28(11-14)15-3-4-15/h5-7,9-11,15,23H,3-4,8H2,1-2H3,(H,26,27). The van der Waals surface area contributed by atoms with Gasteiger partial charge in [-0.2, -0.15) is 10.2 Å². The highest BCUT2D eigenvalue weighted by atomic mass is 19.1. The van der Waals surface area contributed by atoms with E-state index in [1.807, 2.05) is 43.2 Å². The molecule has 1 fully saturated rings. The van der Waals surface area contributed by atoms with Crippen LogP contribution in [0.4, 0.5) is 4.39 Å². The van der Waals surface area contributed by atoms with Gasteiger partial charge in [0.15, 0.2) is 0 Å². The van der Waals surface area contributed by atoms with Crippen LogP contribution in [-0.4, -0.2) is 32.0 Å². The molecular formula is C21H21FN6. The SMILES string of the molecule is CNCc1cc(C)c(-c2cc3c(-c4cnn(C5CC5)c4)n[nH]c3cn2)c(F)c1. The highest BCUT2D eigenvalue weighted by molar-refractivity contribution is 5.94. The number of rotatable bonds is 5. The lowest BCUT2D eigenvalue weighted by Crippen LogP contribution is -2.06. The number of H-pyrrole nitrogens is 1. The van der Waals surface area contributed by atoms with Gasteiger partial charge in [0.1, 0.15) is 11.5 Å². The van der Waals surface area contributed by atoms with Crippen LogP contribution in [0.25, 0.3) is 33.4 Å². The van der Waals surface area contributed by atoms with Crippen molar-refractivity contribution >= 4 is 10.9 Å². The predicted octanol–water partition coefficient (Wildman–Crippen LogP) is 3.99. The third-order valence-corrected chi connectivity index (χ3v) is 5.23. The van der Waals surface area contributed by atoms with Crippen molar-refractivity contribution in [2.45, 2.75) is 32.4 Å². The van der Waals surface area contributed by atoms with E-state index in [-0.39, 0.29) is 5.82 Å². The molecule has 0 spiro atoms. The van der Waals surface area contributed by atoms with Crippen LogP contribution in [0.15, 0.2) is 36.8 Å². The second-order valence-corrected chi connectivity index (χ2v) is 7.43. The van der Waals surface area contributed by atoms with E-state index in [2.05, 4.69) is 25.6 Å². The zero-order valence-corrected chi connectivity index (χ0v) is 15.8. The van der Waals surface area contributed by atoms with E-state index in [1.165, 1.54) is 12.8 Å². The van der Waals surface area contributed by atoms with E-state index in [0.29, 0.717) is 23.8 Å². The molecule has 3 aromatic heterocycles. The zero-order chi connectivity index (χ0) is 19.3. The summed E-state index contributed by atoms with van der Waals surface area (Å²) >= 11 is 0. The average Bonchev–Trinajstić information content (AvgIpc) is 3.25. The number of benzene rings is 1. The topological polar surface area (TPSA) is 71.4 Å². The molecule has 5 rings (SSSR count). The first-order valence-electron chi connectivity index (χ1n) is 9.46. The molecular weight excluding hydrogens is 355 g/mol. The van der Waals surface area contributed by atoms with Crippen LogP contribution in [-0.2, 0) is 6.54 Å². The molecule has 6 nitrogen and oxygen atoms in total. The molecule has 0 bridgehead atoms. The van der Waals surface area contributed by atoms with Gasteiger partial charge >= 0.3 is 0 Å². The van der Waals surface area contributed by atoms with Crippen LogP contribution >= 0.6 is 0 Å². The highest BCUT2D eigenvalue weighted by Crippen LogP contribution is 2.36. The number of hydrogen-bond donors (Lipinski definition) is 2. The fourth-order valence-electron chi connectivity index (χ4n) is 3.72. The maximum atomic E-state index is 14.9. The number of nitrogens with zero attached hydrogens (tertiary/aromatic N) is 4. The summed E-state index contributed by atoms with van der Waals surface area (Å²) in [5.74, 6) is -0.260. The number of fused-ring (bicyclic) bond motifs is 1. The maximum Gasteiger partial charge on any atom is 0.133 e. The van der Waals surface area contributed by atoms with Crippen molar-refractivity contribution < 1.29 is 4.39 Å². The molecule has 1 saturated carbocycles. The molecule has 0 atom stereocenters. The van der Waals surface area contributed by atoms with Crippen LogP contribution in [0.5, 0.6) is 0 Å². The van der Waals surface area contributed by atoms with Gasteiger partial charge in [-0.25, -0.2) is 4.39 Å². The third kappa shape index (κ3) is 2.88. The van der Waals surface area contributed by atoms with E-state index in [9.17, 15) is 4.39 Å². The van der Waals surface area contributed by atoms with Crippen LogP contribution in [0.2, 0.25) is 0 Å². The lowest BCUT2D eigenvalue weighted by Gasteiger charge is -2.10. The Balaban J connectivity index is 1.60. The lowest BCUT2D eigenvalue weighted by molar-refractivity contribution is 0.625. The Morgan fingerprint density at radius 1 is 1.25 bits per heavy atom. The van der Waals surface area contributed by atoms with Gasteiger partial charge in [-0.1, -0.05) is 6.07 Å². The molecule has 1 aromatic carbocycles. The normalized spacial score (nSPS) is 14.1. The Labute approximate surface area is 161 Å². The molecule has 1 aliphatic rings. The van der Waals surface area contributed by atoms with Crippen molar-refractivity contribution in [1.82, 2.24) is 30.3 Å². The molecule has 3 heterocycles. The Morgan fingerprint density at radius 2 is 2.11 bits per heavy atom. The number of nitrogens with one attached hydrogen (secondary N) is 2. The van der Waals surface area contributed by atoms with Crippen molar-refractivity contribution in [3.8, 4) is 22.5 Å². The van der Waals surface area contributed by atoms with Gasteiger partial charge in [0.25, 0.3) is 0 Å². The number of halogens is 1. The Bertz CT molecular complexity index is 1150. The fourth-order valence-corrected chi connectivity index (χ4v) is 3.72. The molecule has 142 valence electrons. The summed E-state index contributed by atoms with van der Waals surface area (Å²) < 4.78 is 16.9. The van der Waals surface area contributed by atoms with E-state index >= 15 is 0 Å². The van der Waals surface area contributed by atoms with E-state index in [4.69, 9.17) is 0 Å². The maximum absolute atomic E-state index is 14.9. The first kappa shape index (κ1) is 17.1. The fraction of sp³-hybridized carbons (Fsp3) is 0.286. The van der Waals surface area contributed by atoms with E-state index in [1.54, 1.807) is 12.3 Å². The third-order valence-electron chi connectivity index (χ3n) is 5.23. The van der Waals surface area contributed by atoms with Crippen molar-refractivity contribution in [3.05, 3.63) is 53.7 Å². The number of aryl methyl sites for hydroxylation is 1. The van der Waals surface area contributed by atoms with Crippen molar-refractivity contribution in [3.63, 3.8) is 0 Å². The second-order valence-electron chi connectivity index (χ2n) is 7.43. The average molecular weight is 376 g/mol. The molecule has 0 aliphatic heterocycles. The summed E-state index contributed by atoms with van der Waals surface area (Å²) in [6.45, 7) is 2.54. The summed E-state index contributed by atoms with van der Waals surface area (Å²) in [6, 6.07) is 5.99. The molecule has 7 heteroatoms. The summed E-state index contributed by atoms with van der Waals surface area (Å²) in [6.07, 6.45) is 7.95. The molecule has 0 unspecified atom stereocenters. The summed E-state index contributed by atoms with van der Waals surface area (Å²) in [5.41, 5.74) is 5.51. The monoisotopic (exact) mass is 376 g/mol. The van der Waals surface area contributed by atoms with Crippen LogP contribution in [0.1, 0.15) is 30.0 Å². The van der Waals surface area contributed by atoms with Gasteiger partial charge in [-0.05, 0) is 50.1 Å². The summed E-state index contributed by atoms with van der Waals surface area (Å²) in [4.78, 5) is 4.48. The van der Waals surface area contributed by atoms with E-state index in [0.717, 1.165) is 33.3 Å². The predicted molar refractivity (Wildman–Crippen MR) is 106 cm³/mol. The molecule has 2 N–H and O–H groups in total. The van der Waals surface area contributed by atoms with Gasteiger partial charge in [0, 0.05) is 29.3 Å². The van der Waals surface area contributed by atoms with Gasteiger partial charge in [0.05, 0.1) is 29.6 Å². The molecule has 0 radical (unpaired) electrons. The van der Waals surface area contributed by atoms with Crippen molar-refractivity contribution in [2.24, 2.45) is 0 Å². The summed E-state index contributed by atoms with van der Waals surface area (Å²) in [7, 11) is 1.85. The van der Waals surface area contributed by atoms with Crippen molar-refractivity contribution in [1.29, 1.82) is 0 Å². The lowest BCUT2D eigenvalue weighted by atomic mass is 10.00. The Kier molecular flexibility index (Phi) is 3.98. The number of pyridine rings is 1. The van der Waals surface area contributed by atoms with Crippen LogP contribution in [0, 0.1) is 12.7 Å². The van der Waals surface area contributed by atoms with Gasteiger partial charge in [-0.15, -0.1) is 0 Å². The number of hydrogen-bond acceptors (Lipinski definition) is 4. The largest absolute Gasteiger partial charge is 0.316 e. The van der Waals surface area contributed by atoms with Gasteiger partial charge in [-0.3, -0.25) is 14.8 Å². The second kappa shape index (κ2) is 6.53. The molecule has 28 heavy (non-hydrogen) atoms. The van der Waals surface area contributed by atoms with Crippen LogP contribution in [0.3, 0.4) is 0 Å². The smallest absolute Gasteiger partial charge is 0.133 e. The minimum Gasteiger partial charge on any atom is -0.316 e. The van der Waals surface area contributed by atoms with E-state index < -0.39 is 0 Å². The quantitative estimate of drug-likeness (QED) is 0.552. The molecule has 0 amide bonds. The first-order valence-corrected chi connectivity index (χ1v) is 9.46. The van der Waals surface area contributed by atoms with Gasteiger partial charge in [0.2, 0.25) is 0 Å². The number of aromatic amines is 1. The Morgan fingerprint density at radius 3 is 2.86 bits per heavy atom. The molecule has 0 saturated heterocycles. The minimum atomic E-state index is -0.260. The van der Waals surface area contributed by atoms with Crippen LogP contribution < -0.4 is 5.32 Å². The first-order chi connectivity index (χ1) is 13.6. The molecule has 4 aromatic rings. The molecule has 1 aliphatic carbocycles. The Hall–Kier alpha value is -3.06. The van der Waals surface area contributed by atoms with Gasteiger partial charge < -0.3 is 5.32 Å². The minimum absolute atomic E-state index is 0.260. The number of aromatic nitrogens is 5. The summed E-state index contributed by atoms with van der Waals surface area (Å²) in [5, 5.41) is 15.9.